The molecule has 0 spiro atoms. The molecular weight excluding hydrogens is 428 g/mol. The van der Waals surface area contributed by atoms with Crippen LogP contribution in [0.15, 0.2) is 33.5 Å². The van der Waals surface area contributed by atoms with Crippen LogP contribution >= 0.6 is 23.1 Å². The van der Waals surface area contributed by atoms with Crippen molar-refractivity contribution < 1.29 is 13.2 Å². The Hall–Kier alpha value is -1.49. The highest BCUT2D eigenvalue weighted by Crippen LogP contribution is 2.27. The number of hydrogen-bond donors (Lipinski definition) is 1. The molecule has 1 aliphatic heterocycles. The van der Waals surface area contributed by atoms with Crippen molar-refractivity contribution in [2.45, 2.75) is 48.8 Å². The van der Waals surface area contributed by atoms with Crippen molar-refractivity contribution in [2.24, 2.45) is 5.92 Å². The maximum Gasteiger partial charge on any atom is 0.257 e. The predicted molar refractivity (Wildman–Crippen MR) is 117 cm³/mol. The largest absolute Gasteiger partial charge is 0.296 e. The summed E-state index contributed by atoms with van der Waals surface area (Å²) >= 11 is 2.92. The second-order valence-electron chi connectivity index (χ2n) is 7.38. The highest BCUT2D eigenvalue weighted by atomic mass is 32.2. The number of aromatic nitrogens is 2. The quantitative estimate of drug-likeness (QED) is 0.500. The number of hydrogen-bond acceptors (Lipinski definition) is 7. The lowest BCUT2D eigenvalue weighted by Gasteiger charge is -2.20. The van der Waals surface area contributed by atoms with E-state index in [1.807, 2.05) is 0 Å². The lowest BCUT2D eigenvalue weighted by atomic mass is 10.2. The third-order valence-corrected chi connectivity index (χ3v) is 8.76. The van der Waals surface area contributed by atoms with Gasteiger partial charge in [0.25, 0.3) is 5.91 Å². The van der Waals surface area contributed by atoms with Crippen LogP contribution in [0.5, 0.6) is 0 Å². The van der Waals surface area contributed by atoms with Crippen LogP contribution in [0.2, 0.25) is 0 Å². The van der Waals surface area contributed by atoms with Crippen LogP contribution in [-0.4, -0.2) is 47.7 Å². The lowest BCUT2D eigenvalue weighted by molar-refractivity contribution is 0.102. The Balaban J connectivity index is 1.71. The second-order valence-corrected chi connectivity index (χ2v) is 11.6. The van der Waals surface area contributed by atoms with E-state index in [0.29, 0.717) is 24.1 Å². The van der Waals surface area contributed by atoms with Gasteiger partial charge in [-0.25, -0.2) is 8.42 Å². The third kappa shape index (κ3) is 6.00. The molecule has 1 aromatic carbocycles. The summed E-state index contributed by atoms with van der Waals surface area (Å²) in [5.41, 5.74) is 0.285. The Bertz CT molecular complexity index is 936. The number of benzene rings is 1. The van der Waals surface area contributed by atoms with E-state index in [0.717, 1.165) is 35.8 Å². The zero-order valence-electron chi connectivity index (χ0n) is 16.6. The SMILES string of the molecule is CC(C)CSc1nnc(NC(=O)c2cccc(S(=O)(=O)N3CCCCCC3)c2)s1. The number of nitrogens with zero attached hydrogens (tertiary/aromatic N) is 3. The molecule has 1 fully saturated rings. The Morgan fingerprint density at radius 2 is 1.93 bits per heavy atom. The number of carbonyl (C=O) groups excluding carboxylic acids is 1. The van der Waals surface area contributed by atoms with Gasteiger partial charge in [0, 0.05) is 24.4 Å². The number of rotatable bonds is 7. The molecule has 1 aliphatic rings. The molecule has 1 saturated heterocycles. The molecule has 3 rings (SSSR count). The maximum absolute atomic E-state index is 13.0. The summed E-state index contributed by atoms with van der Waals surface area (Å²) < 4.78 is 28.3. The Kier molecular flexibility index (Phi) is 7.66. The topological polar surface area (TPSA) is 92.3 Å². The summed E-state index contributed by atoms with van der Waals surface area (Å²) in [4.78, 5) is 12.8. The van der Waals surface area contributed by atoms with Crippen molar-refractivity contribution in [2.75, 3.05) is 24.2 Å². The second kappa shape index (κ2) is 10.0. The minimum absolute atomic E-state index is 0.150. The Morgan fingerprint density at radius 1 is 1.21 bits per heavy atom. The van der Waals surface area contributed by atoms with Gasteiger partial charge in [-0.05, 0) is 37.0 Å². The van der Waals surface area contributed by atoms with Gasteiger partial charge in [0.05, 0.1) is 4.90 Å². The average Bonchev–Trinajstić information content (AvgIpc) is 2.96. The molecule has 0 atom stereocenters. The summed E-state index contributed by atoms with van der Waals surface area (Å²) in [6.07, 6.45) is 3.84. The molecule has 2 heterocycles. The smallest absolute Gasteiger partial charge is 0.257 e. The van der Waals surface area contributed by atoms with Crippen molar-refractivity contribution in [1.29, 1.82) is 0 Å². The monoisotopic (exact) mass is 454 g/mol. The van der Waals surface area contributed by atoms with E-state index >= 15 is 0 Å². The minimum Gasteiger partial charge on any atom is -0.296 e. The maximum atomic E-state index is 13.0. The van der Waals surface area contributed by atoms with Gasteiger partial charge in [-0.2, -0.15) is 4.31 Å². The fraction of sp³-hybridized carbons (Fsp3) is 0.526. The van der Waals surface area contributed by atoms with Crippen LogP contribution in [0.3, 0.4) is 0 Å². The molecule has 0 unspecified atom stereocenters. The number of sulfonamides is 1. The number of amides is 1. The number of carbonyl (C=O) groups is 1. The van der Waals surface area contributed by atoms with Crippen LogP contribution in [0.1, 0.15) is 49.9 Å². The van der Waals surface area contributed by atoms with E-state index in [2.05, 4.69) is 29.4 Å². The average molecular weight is 455 g/mol. The third-order valence-electron chi connectivity index (χ3n) is 4.47. The first-order valence-corrected chi connectivity index (χ1v) is 13.0. The fourth-order valence-corrected chi connectivity index (χ4v) is 6.24. The van der Waals surface area contributed by atoms with E-state index < -0.39 is 15.9 Å². The molecule has 7 nitrogen and oxygen atoms in total. The normalized spacial score (nSPS) is 16.0. The summed E-state index contributed by atoms with van der Waals surface area (Å²) in [7, 11) is -3.60. The van der Waals surface area contributed by atoms with Crippen molar-refractivity contribution in [3.8, 4) is 0 Å². The van der Waals surface area contributed by atoms with Gasteiger partial charge in [-0.1, -0.05) is 55.9 Å². The van der Waals surface area contributed by atoms with E-state index in [4.69, 9.17) is 0 Å². The molecular formula is C19H26N4O3S3. The van der Waals surface area contributed by atoms with Crippen LogP contribution in [-0.2, 0) is 10.0 Å². The molecule has 1 N–H and O–H groups in total. The molecule has 10 heteroatoms. The van der Waals surface area contributed by atoms with Crippen molar-refractivity contribution in [3.63, 3.8) is 0 Å². The summed E-state index contributed by atoms with van der Waals surface area (Å²) in [6.45, 7) is 5.31. The highest BCUT2D eigenvalue weighted by molar-refractivity contribution is 8.01. The fourth-order valence-electron chi connectivity index (χ4n) is 2.95. The van der Waals surface area contributed by atoms with E-state index in [-0.39, 0.29) is 10.5 Å². The van der Waals surface area contributed by atoms with Crippen LogP contribution in [0.4, 0.5) is 5.13 Å². The number of nitrogens with one attached hydrogen (secondary N) is 1. The molecule has 2 aromatic rings. The van der Waals surface area contributed by atoms with Crippen molar-refractivity contribution in [3.05, 3.63) is 29.8 Å². The summed E-state index contributed by atoms with van der Waals surface area (Å²) in [6, 6.07) is 6.18. The van der Waals surface area contributed by atoms with Gasteiger partial charge >= 0.3 is 0 Å². The van der Waals surface area contributed by atoms with E-state index in [9.17, 15) is 13.2 Å². The first-order chi connectivity index (χ1) is 13.9. The first kappa shape index (κ1) is 22.2. The van der Waals surface area contributed by atoms with Gasteiger partial charge in [0.2, 0.25) is 15.2 Å². The first-order valence-electron chi connectivity index (χ1n) is 9.74. The van der Waals surface area contributed by atoms with Gasteiger partial charge in [0.15, 0.2) is 4.34 Å². The Morgan fingerprint density at radius 3 is 2.62 bits per heavy atom. The van der Waals surface area contributed by atoms with Gasteiger partial charge in [-0.3, -0.25) is 10.1 Å². The standard InChI is InChI=1S/C19H26N4O3S3/c1-14(2)13-27-19-22-21-18(28-19)20-17(24)15-8-7-9-16(12-15)29(25,26)23-10-5-3-4-6-11-23/h7-9,12,14H,3-6,10-11,13H2,1-2H3,(H,20,21,24). The van der Waals surface area contributed by atoms with Crippen LogP contribution < -0.4 is 5.32 Å². The molecule has 158 valence electrons. The van der Waals surface area contributed by atoms with Gasteiger partial charge in [0.1, 0.15) is 0 Å². The van der Waals surface area contributed by atoms with Crippen molar-refractivity contribution >= 4 is 44.2 Å². The van der Waals surface area contributed by atoms with Gasteiger partial charge < -0.3 is 0 Å². The van der Waals surface area contributed by atoms with E-state index in [1.165, 1.54) is 21.7 Å². The number of thioether (sulfide) groups is 1. The summed E-state index contributed by atoms with van der Waals surface area (Å²) in [5, 5.41) is 11.2. The van der Waals surface area contributed by atoms with Crippen LogP contribution in [0.25, 0.3) is 0 Å². The molecule has 0 aliphatic carbocycles. The molecule has 0 saturated carbocycles. The molecule has 29 heavy (non-hydrogen) atoms. The highest BCUT2D eigenvalue weighted by Gasteiger charge is 2.26. The molecule has 1 amide bonds. The Labute approximate surface area is 180 Å². The zero-order valence-corrected chi connectivity index (χ0v) is 19.1. The minimum atomic E-state index is -3.60. The van der Waals surface area contributed by atoms with Gasteiger partial charge in [-0.15, -0.1) is 10.2 Å². The van der Waals surface area contributed by atoms with Crippen LogP contribution in [0, 0.1) is 5.92 Å². The van der Waals surface area contributed by atoms with Crippen molar-refractivity contribution in [1.82, 2.24) is 14.5 Å². The molecule has 0 radical (unpaired) electrons. The molecule has 1 aromatic heterocycles. The zero-order chi connectivity index (χ0) is 20.9. The molecule has 0 bridgehead atoms. The lowest BCUT2D eigenvalue weighted by Crippen LogP contribution is -2.32. The summed E-state index contributed by atoms with van der Waals surface area (Å²) in [5.74, 6) is 1.07. The van der Waals surface area contributed by atoms with E-state index in [1.54, 1.807) is 30.0 Å². The predicted octanol–water partition coefficient (Wildman–Crippen LogP) is 4.10. The number of anilines is 1.